The normalized spacial score (nSPS) is 22.9. The van der Waals surface area contributed by atoms with Crippen LogP contribution in [0.15, 0.2) is 29.2 Å². The van der Waals surface area contributed by atoms with Gasteiger partial charge in [-0.3, -0.25) is 0 Å². The summed E-state index contributed by atoms with van der Waals surface area (Å²) < 4.78 is 26.6. The van der Waals surface area contributed by atoms with Gasteiger partial charge < -0.3 is 4.90 Å². The maximum atomic E-state index is 12.2. The van der Waals surface area contributed by atoms with E-state index in [1.807, 2.05) is 6.92 Å². The maximum absolute atomic E-state index is 12.2. The Morgan fingerprint density at radius 3 is 2.19 bits per heavy atom. The smallest absolute Gasteiger partial charge is 0.323 e. The van der Waals surface area contributed by atoms with Crippen molar-refractivity contribution < 1.29 is 13.2 Å². The molecule has 2 atom stereocenters. The largest absolute Gasteiger partial charge is 0.331 e. The van der Waals surface area contributed by atoms with Gasteiger partial charge in [-0.15, -0.1) is 0 Å². The molecule has 0 saturated carbocycles. The molecule has 2 rings (SSSR count). The van der Waals surface area contributed by atoms with Crippen LogP contribution in [0.4, 0.5) is 4.79 Å². The molecule has 0 bridgehead atoms. The van der Waals surface area contributed by atoms with Crippen molar-refractivity contribution in [1.29, 1.82) is 0 Å². The number of urea groups is 1. The molecule has 1 aromatic carbocycles. The first kappa shape index (κ1) is 15.8. The van der Waals surface area contributed by atoms with Crippen LogP contribution < -0.4 is 4.72 Å². The fraction of sp³-hybridized carbons (Fsp3) is 0.533. The van der Waals surface area contributed by atoms with Gasteiger partial charge in [-0.2, -0.15) is 0 Å². The second-order valence-electron chi connectivity index (χ2n) is 6.07. The molecule has 0 spiro atoms. The Morgan fingerprint density at radius 1 is 1.14 bits per heavy atom. The first-order chi connectivity index (χ1) is 9.78. The van der Waals surface area contributed by atoms with Crippen LogP contribution in [0.25, 0.3) is 0 Å². The highest BCUT2D eigenvalue weighted by molar-refractivity contribution is 7.90. The molecule has 1 saturated heterocycles. The minimum Gasteiger partial charge on any atom is -0.323 e. The lowest BCUT2D eigenvalue weighted by atomic mass is 9.92. The lowest BCUT2D eigenvalue weighted by molar-refractivity contribution is 0.150. The Morgan fingerprint density at radius 2 is 1.67 bits per heavy atom. The predicted molar refractivity (Wildman–Crippen MR) is 81.4 cm³/mol. The van der Waals surface area contributed by atoms with Gasteiger partial charge >= 0.3 is 6.03 Å². The summed E-state index contributed by atoms with van der Waals surface area (Å²) in [5, 5.41) is 0. The van der Waals surface area contributed by atoms with Gasteiger partial charge in [0, 0.05) is 13.1 Å². The third-order valence-electron chi connectivity index (χ3n) is 3.71. The highest BCUT2D eigenvalue weighted by Gasteiger charge is 2.28. The van der Waals surface area contributed by atoms with Crippen molar-refractivity contribution in [1.82, 2.24) is 9.62 Å². The number of piperidine rings is 1. The van der Waals surface area contributed by atoms with E-state index in [2.05, 4.69) is 18.6 Å². The number of hydrogen-bond donors (Lipinski definition) is 1. The van der Waals surface area contributed by atoms with Crippen molar-refractivity contribution in [3.63, 3.8) is 0 Å². The molecular formula is C15H22N2O3S. The number of rotatable bonds is 2. The average molecular weight is 310 g/mol. The van der Waals surface area contributed by atoms with Crippen LogP contribution in [0, 0.1) is 18.8 Å². The summed E-state index contributed by atoms with van der Waals surface area (Å²) in [6.45, 7) is 7.22. The number of benzene rings is 1. The molecule has 0 radical (unpaired) electrons. The summed E-state index contributed by atoms with van der Waals surface area (Å²) in [5.74, 6) is 0.781. The van der Waals surface area contributed by atoms with Crippen LogP contribution in [0.2, 0.25) is 0 Å². The van der Waals surface area contributed by atoms with Gasteiger partial charge in [0.15, 0.2) is 0 Å². The van der Waals surface area contributed by atoms with E-state index in [0.717, 1.165) is 12.0 Å². The van der Waals surface area contributed by atoms with Gasteiger partial charge in [0.25, 0.3) is 10.0 Å². The molecule has 0 aliphatic carbocycles. The van der Waals surface area contributed by atoms with Crippen molar-refractivity contribution in [2.75, 3.05) is 13.1 Å². The van der Waals surface area contributed by atoms with Crippen LogP contribution in [0.1, 0.15) is 25.8 Å². The third kappa shape index (κ3) is 3.97. The molecule has 1 fully saturated rings. The molecule has 6 heteroatoms. The first-order valence-electron chi connectivity index (χ1n) is 7.16. The summed E-state index contributed by atoms with van der Waals surface area (Å²) in [7, 11) is -3.80. The molecular weight excluding hydrogens is 288 g/mol. The summed E-state index contributed by atoms with van der Waals surface area (Å²) in [5.41, 5.74) is 0.971. The molecule has 5 nitrogen and oxygen atoms in total. The first-order valence-corrected chi connectivity index (χ1v) is 8.64. The number of aryl methyl sites for hydroxylation is 1. The molecule has 21 heavy (non-hydrogen) atoms. The van der Waals surface area contributed by atoms with Crippen molar-refractivity contribution >= 4 is 16.1 Å². The van der Waals surface area contributed by atoms with Gasteiger partial charge in [-0.1, -0.05) is 31.5 Å². The van der Waals surface area contributed by atoms with E-state index in [1.54, 1.807) is 17.0 Å². The Bertz CT molecular complexity index is 600. The van der Waals surface area contributed by atoms with Gasteiger partial charge in [0.1, 0.15) is 0 Å². The van der Waals surface area contributed by atoms with Crippen LogP contribution >= 0.6 is 0 Å². The van der Waals surface area contributed by atoms with Gasteiger partial charge in [0.2, 0.25) is 0 Å². The molecule has 0 aromatic heterocycles. The van der Waals surface area contributed by atoms with E-state index < -0.39 is 16.1 Å². The van der Waals surface area contributed by atoms with E-state index in [-0.39, 0.29) is 4.90 Å². The monoisotopic (exact) mass is 310 g/mol. The number of amides is 2. The third-order valence-corrected chi connectivity index (χ3v) is 5.05. The molecule has 0 unspecified atom stereocenters. The van der Waals surface area contributed by atoms with Crippen LogP contribution in [-0.2, 0) is 10.0 Å². The van der Waals surface area contributed by atoms with Crippen LogP contribution in [0.5, 0.6) is 0 Å². The van der Waals surface area contributed by atoms with Crippen LogP contribution in [0.3, 0.4) is 0 Å². The number of nitrogens with zero attached hydrogens (tertiary/aromatic N) is 1. The second-order valence-corrected chi connectivity index (χ2v) is 7.76. The van der Waals surface area contributed by atoms with Crippen molar-refractivity contribution in [3.05, 3.63) is 29.8 Å². The fourth-order valence-electron chi connectivity index (χ4n) is 2.78. The van der Waals surface area contributed by atoms with Gasteiger partial charge in [0.05, 0.1) is 4.90 Å². The number of likely N-dealkylation sites (tertiary alicyclic amines) is 1. The van der Waals surface area contributed by atoms with Gasteiger partial charge in [-0.05, 0) is 37.3 Å². The molecule has 2 amide bonds. The summed E-state index contributed by atoms with van der Waals surface area (Å²) in [4.78, 5) is 13.9. The minimum absolute atomic E-state index is 0.111. The standard InChI is InChI=1S/C15H22N2O3S/c1-11-4-6-14(7-5-11)21(19,20)16-15(18)17-9-12(2)8-13(3)10-17/h4-7,12-13H,8-10H2,1-3H3,(H,16,18)/t12-,13-/m1/s1. The molecule has 1 aromatic rings. The number of carbonyl (C=O) groups is 1. The van der Waals surface area contributed by atoms with Gasteiger partial charge in [-0.25, -0.2) is 17.9 Å². The molecule has 116 valence electrons. The summed E-state index contributed by atoms with van der Waals surface area (Å²) in [6.07, 6.45) is 1.06. The average Bonchev–Trinajstić information content (AvgIpc) is 2.37. The Balaban J connectivity index is 2.09. The number of sulfonamides is 1. The number of nitrogens with one attached hydrogen (secondary N) is 1. The zero-order valence-corrected chi connectivity index (χ0v) is 13.5. The zero-order valence-electron chi connectivity index (χ0n) is 12.7. The van der Waals surface area contributed by atoms with E-state index in [9.17, 15) is 13.2 Å². The van der Waals surface area contributed by atoms with Crippen molar-refractivity contribution in [2.24, 2.45) is 11.8 Å². The summed E-state index contributed by atoms with van der Waals surface area (Å²) in [6, 6.07) is 5.90. The van der Waals surface area contributed by atoms with Crippen LogP contribution in [-0.4, -0.2) is 32.4 Å². The Kier molecular flexibility index (Phi) is 4.56. The lowest BCUT2D eigenvalue weighted by Crippen LogP contribution is -2.48. The minimum atomic E-state index is -3.80. The molecule has 1 heterocycles. The van der Waals surface area contributed by atoms with Crippen molar-refractivity contribution in [2.45, 2.75) is 32.1 Å². The molecule has 1 N–H and O–H groups in total. The fourth-order valence-corrected chi connectivity index (χ4v) is 3.76. The SMILES string of the molecule is Cc1ccc(S(=O)(=O)NC(=O)N2C[C@H](C)C[C@@H](C)C2)cc1. The highest BCUT2D eigenvalue weighted by atomic mass is 32.2. The topological polar surface area (TPSA) is 66.5 Å². The number of carbonyl (C=O) groups excluding carboxylic acids is 1. The maximum Gasteiger partial charge on any atom is 0.331 e. The predicted octanol–water partition coefficient (Wildman–Crippen LogP) is 2.37. The Hall–Kier alpha value is -1.56. The quantitative estimate of drug-likeness (QED) is 0.912. The lowest BCUT2D eigenvalue weighted by Gasteiger charge is -2.34. The summed E-state index contributed by atoms with van der Waals surface area (Å²) >= 11 is 0. The van der Waals surface area contributed by atoms with Crippen molar-refractivity contribution in [3.8, 4) is 0 Å². The van der Waals surface area contributed by atoms with E-state index in [1.165, 1.54) is 12.1 Å². The highest BCUT2D eigenvalue weighted by Crippen LogP contribution is 2.21. The Labute approximate surface area is 126 Å². The van der Waals surface area contributed by atoms with E-state index in [0.29, 0.717) is 24.9 Å². The zero-order chi connectivity index (χ0) is 15.6. The van der Waals surface area contributed by atoms with E-state index >= 15 is 0 Å². The molecule has 1 aliphatic heterocycles. The number of hydrogen-bond acceptors (Lipinski definition) is 3. The molecule has 1 aliphatic rings. The second kappa shape index (κ2) is 6.05. The van der Waals surface area contributed by atoms with E-state index in [4.69, 9.17) is 0 Å².